The van der Waals surface area contributed by atoms with E-state index in [1.54, 1.807) is 31.2 Å². The van der Waals surface area contributed by atoms with Crippen LogP contribution in [0.25, 0.3) is 5.52 Å². The summed E-state index contributed by atoms with van der Waals surface area (Å²) < 4.78 is 6.99. The van der Waals surface area contributed by atoms with Gasteiger partial charge in [0.1, 0.15) is 5.82 Å². The maximum Gasteiger partial charge on any atom is 0.340 e. The number of pyridine rings is 1. The number of fused-ring (bicyclic) bond motifs is 1. The van der Waals surface area contributed by atoms with Crippen molar-refractivity contribution in [3.8, 4) is 0 Å². The van der Waals surface area contributed by atoms with Crippen molar-refractivity contribution < 1.29 is 14.3 Å². The number of amides is 1. The number of anilines is 1. The molecule has 1 N–H and O–H groups in total. The fraction of sp³-hybridized carbons (Fsp3) is 0.286. The molecule has 3 aromatic rings. The minimum Gasteiger partial charge on any atom is -0.462 e. The third-order valence-electron chi connectivity index (χ3n) is 4.10. The predicted molar refractivity (Wildman–Crippen MR) is 104 cm³/mol. The van der Waals surface area contributed by atoms with Gasteiger partial charge in [-0.15, -0.1) is 0 Å². The number of rotatable bonds is 4. The van der Waals surface area contributed by atoms with E-state index in [9.17, 15) is 9.59 Å². The van der Waals surface area contributed by atoms with E-state index in [1.165, 1.54) is 0 Å². The van der Waals surface area contributed by atoms with Gasteiger partial charge in [-0.2, -0.15) is 0 Å². The molecule has 0 atom stereocenters. The number of benzene rings is 1. The van der Waals surface area contributed by atoms with Crippen molar-refractivity contribution in [2.75, 3.05) is 11.9 Å². The van der Waals surface area contributed by atoms with Gasteiger partial charge >= 0.3 is 5.97 Å². The fourth-order valence-electron chi connectivity index (χ4n) is 2.89. The molecule has 6 nitrogen and oxygen atoms in total. The van der Waals surface area contributed by atoms with Crippen LogP contribution in [0.2, 0.25) is 0 Å². The normalized spacial score (nSPS) is 11.4. The standard InChI is InChI=1S/C21H23N3O3/c1-5-27-19(26)14-10-6-7-11-15(14)22-18(25)17-16-12-8-9-13-24(16)20(23-17)21(2,3)4/h6-13H,5H2,1-4H3,(H,22,25). The van der Waals surface area contributed by atoms with Gasteiger partial charge in [0.05, 0.1) is 23.4 Å². The lowest BCUT2D eigenvalue weighted by molar-refractivity contribution is 0.0527. The molecule has 1 aromatic carbocycles. The molecule has 0 radical (unpaired) electrons. The number of esters is 1. The number of nitrogens with zero attached hydrogens (tertiary/aromatic N) is 2. The van der Waals surface area contributed by atoms with Crippen LogP contribution in [0.4, 0.5) is 5.69 Å². The molecule has 0 aliphatic heterocycles. The second kappa shape index (κ2) is 7.23. The van der Waals surface area contributed by atoms with Crippen molar-refractivity contribution in [1.82, 2.24) is 9.38 Å². The Hall–Kier alpha value is -3.15. The largest absolute Gasteiger partial charge is 0.462 e. The number of hydrogen-bond acceptors (Lipinski definition) is 4. The van der Waals surface area contributed by atoms with Gasteiger partial charge in [0.15, 0.2) is 5.69 Å². The lowest BCUT2D eigenvalue weighted by atomic mass is 9.96. The average molecular weight is 365 g/mol. The van der Waals surface area contributed by atoms with E-state index in [-0.39, 0.29) is 17.9 Å². The summed E-state index contributed by atoms with van der Waals surface area (Å²) in [5.41, 5.74) is 1.52. The zero-order valence-corrected chi connectivity index (χ0v) is 15.9. The van der Waals surface area contributed by atoms with E-state index in [1.807, 2.05) is 49.6 Å². The predicted octanol–water partition coefficient (Wildman–Crippen LogP) is 4.06. The molecule has 0 fully saturated rings. The highest BCUT2D eigenvalue weighted by atomic mass is 16.5. The minimum atomic E-state index is -0.474. The summed E-state index contributed by atoms with van der Waals surface area (Å²) >= 11 is 0. The zero-order chi connectivity index (χ0) is 19.6. The number of nitrogens with one attached hydrogen (secondary N) is 1. The summed E-state index contributed by atoms with van der Waals surface area (Å²) in [6.45, 7) is 8.15. The van der Waals surface area contributed by atoms with Crippen molar-refractivity contribution >= 4 is 23.1 Å². The minimum absolute atomic E-state index is 0.231. The van der Waals surface area contributed by atoms with Crippen molar-refractivity contribution in [2.24, 2.45) is 0 Å². The van der Waals surface area contributed by atoms with Crippen molar-refractivity contribution in [3.05, 3.63) is 65.7 Å². The van der Waals surface area contributed by atoms with Crippen molar-refractivity contribution in [2.45, 2.75) is 33.1 Å². The number of ether oxygens (including phenoxy) is 1. The third kappa shape index (κ3) is 3.69. The van der Waals surface area contributed by atoms with Gasteiger partial charge < -0.3 is 14.5 Å². The zero-order valence-electron chi connectivity index (χ0n) is 15.9. The Bertz CT molecular complexity index is 999. The van der Waals surface area contributed by atoms with Crippen LogP contribution < -0.4 is 5.32 Å². The molecule has 6 heteroatoms. The molecule has 0 aliphatic carbocycles. The molecule has 0 unspecified atom stereocenters. The molecule has 3 rings (SSSR count). The van der Waals surface area contributed by atoms with Gasteiger partial charge in [0.2, 0.25) is 0 Å². The van der Waals surface area contributed by atoms with Crippen LogP contribution in [0.1, 0.15) is 54.4 Å². The quantitative estimate of drug-likeness (QED) is 0.708. The number of para-hydroxylation sites is 1. The van der Waals surface area contributed by atoms with Crippen molar-refractivity contribution in [3.63, 3.8) is 0 Å². The lowest BCUT2D eigenvalue weighted by Crippen LogP contribution is -2.18. The van der Waals surface area contributed by atoms with Crippen LogP contribution in [-0.4, -0.2) is 27.9 Å². The highest BCUT2D eigenvalue weighted by Crippen LogP contribution is 2.25. The monoisotopic (exact) mass is 365 g/mol. The number of carbonyl (C=O) groups excluding carboxylic acids is 2. The Labute approximate surface area is 158 Å². The van der Waals surface area contributed by atoms with E-state index in [0.29, 0.717) is 22.5 Å². The summed E-state index contributed by atoms with van der Waals surface area (Å²) in [6, 6.07) is 12.4. The highest BCUT2D eigenvalue weighted by Gasteiger charge is 2.25. The van der Waals surface area contributed by atoms with Crippen LogP contribution in [0.3, 0.4) is 0 Å². The molecular weight excluding hydrogens is 342 g/mol. The molecule has 0 aliphatic rings. The second-order valence-corrected chi connectivity index (χ2v) is 7.21. The molecule has 2 heterocycles. The number of aromatic nitrogens is 2. The summed E-state index contributed by atoms with van der Waals surface area (Å²) in [5.74, 6) is -0.0497. The van der Waals surface area contributed by atoms with E-state index >= 15 is 0 Å². The topological polar surface area (TPSA) is 72.7 Å². The first-order valence-electron chi connectivity index (χ1n) is 8.88. The molecule has 1 amide bonds. The van der Waals surface area contributed by atoms with Gasteiger partial charge in [-0.05, 0) is 31.2 Å². The molecule has 0 saturated carbocycles. The second-order valence-electron chi connectivity index (χ2n) is 7.21. The Kier molecular flexibility index (Phi) is 4.99. The van der Waals surface area contributed by atoms with E-state index in [4.69, 9.17) is 4.74 Å². The number of carbonyl (C=O) groups is 2. The Morgan fingerprint density at radius 3 is 2.52 bits per heavy atom. The van der Waals surface area contributed by atoms with Gasteiger partial charge in [-0.1, -0.05) is 39.0 Å². The van der Waals surface area contributed by atoms with Crippen LogP contribution in [0, 0.1) is 0 Å². The van der Waals surface area contributed by atoms with E-state index in [0.717, 1.165) is 5.82 Å². The van der Waals surface area contributed by atoms with Crippen LogP contribution in [0.15, 0.2) is 48.7 Å². The first kappa shape index (κ1) is 18.6. The molecule has 2 aromatic heterocycles. The van der Waals surface area contributed by atoms with Crippen LogP contribution >= 0.6 is 0 Å². The summed E-state index contributed by atoms with van der Waals surface area (Å²) in [5, 5.41) is 2.81. The smallest absolute Gasteiger partial charge is 0.340 e. The molecule has 0 saturated heterocycles. The average Bonchev–Trinajstić information content (AvgIpc) is 3.02. The SMILES string of the molecule is CCOC(=O)c1ccccc1NC(=O)c1nc(C(C)(C)C)n2ccccc12. The van der Waals surface area contributed by atoms with E-state index < -0.39 is 5.97 Å². The first-order valence-corrected chi connectivity index (χ1v) is 8.88. The maximum atomic E-state index is 13.0. The van der Waals surface area contributed by atoms with Crippen molar-refractivity contribution in [1.29, 1.82) is 0 Å². The highest BCUT2D eigenvalue weighted by molar-refractivity contribution is 6.10. The number of imidazole rings is 1. The van der Waals surface area contributed by atoms with Gasteiger partial charge in [-0.25, -0.2) is 9.78 Å². The molecule has 27 heavy (non-hydrogen) atoms. The third-order valence-corrected chi connectivity index (χ3v) is 4.10. The first-order chi connectivity index (χ1) is 12.8. The Morgan fingerprint density at radius 2 is 1.81 bits per heavy atom. The van der Waals surface area contributed by atoms with Gasteiger partial charge in [0, 0.05) is 11.6 Å². The summed E-state index contributed by atoms with van der Waals surface area (Å²) in [4.78, 5) is 29.7. The molecular formula is C21H23N3O3. The van der Waals surface area contributed by atoms with Gasteiger partial charge in [-0.3, -0.25) is 4.79 Å². The van der Waals surface area contributed by atoms with E-state index in [2.05, 4.69) is 10.3 Å². The molecule has 0 spiro atoms. The lowest BCUT2D eigenvalue weighted by Gasteiger charge is -2.16. The summed E-state index contributed by atoms with van der Waals surface area (Å²) in [6.07, 6.45) is 1.90. The van der Waals surface area contributed by atoms with Crippen LogP contribution in [-0.2, 0) is 10.2 Å². The van der Waals surface area contributed by atoms with Crippen LogP contribution in [0.5, 0.6) is 0 Å². The number of hydrogen-bond donors (Lipinski definition) is 1. The molecule has 0 bridgehead atoms. The fourth-order valence-corrected chi connectivity index (χ4v) is 2.89. The Balaban J connectivity index is 2.01. The Morgan fingerprint density at radius 1 is 1.11 bits per heavy atom. The maximum absolute atomic E-state index is 13.0. The molecule has 140 valence electrons. The summed E-state index contributed by atoms with van der Waals surface area (Å²) in [7, 11) is 0. The van der Waals surface area contributed by atoms with Gasteiger partial charge in [0.25, 0.3) is 5.91 Å².